The van der Waals surface area contributed by atoms with Gasteiger partial charge >= 0.3 is 0 Å². The Bertz CT molecular complexity index is 459. The van der Waals surface area contributed by atoms with Crippen molar-refractivity contribution in [3.8, 4) is 0 Å². The van der Waals surface area contributed by atoms with Gasteiger partial charge in [0.2, 0.25) is 0 Å². The zero-order chi connectivity index (χ0) is 11.7. The summed E-state index contributed by atoms with van der Waals surface area (Å²) in [4.78, 5) is 14.4. The molecule has 0 aliphatic rings. The summed E-state index contributed by atoms with van der Waals surface area (Å²) in [6.07, 6.45) is 4.71. The molecule has 84 valence electrons. The lowest BCUT2D eigenvalue weighted by Crippen LogP contribution is -2.36. The highest BCUT2D eigenvalue weighted by Crippen LogP contribution is 2.18. The van der Waals surface area contributed by atoms with Gasteiger partial charge in [0, 0.05) is 12.8 Å². The topological polar surface area (TPSA) is 69.0 Å². The Labute approximate surface area is 89.0 Å². The molecule has 0 aromatic carbocycles. The number of nitrogens with zero attached hydrogens (tertiary/aromatic N) is 2. The van der Waals surface area contributed by atoms with Crippen LogP contribution in [0.3, 0.4) is 0 Å². The van der Waals surface area contributed by atoms with Crippen molar-refractivity contribution < 1.29 is 13.2 Å². The number of sulfone groups is 1. The Morgan fingerprint density at radius 2 is 2.13 bits per heavy atom. The van der Waals surface area contributed by atoms with Crippen molar-refractivity contribution in [2.24, 2.45) is 0 Å². The average molecular weight is 230 g/mol. The lowest BCUT2D eigenvalue weighted by molar-refractivity contribution is 0.111. The van der Waals surface area contributed by atoms with E-state index in [1.165, 1.54) is 23.3 Å². The van der Waals surface area contributed by atoms with Gasteiger partial charge in [-0.25, -0.2) is 13.4 Å². The zero-order valence-electron chi connectivity index (χ0n) is 8.97. The van der Waals surface area contributed by atoms with Crippen LogP contribution in [0.4, 0.5) is 0 Å². The maximum atomic E-state index is 11.5. The molecule has 0 saturated carbocycles. The molecule has 0 atom stereocenters. The van der Waals surface area contributed by atoms with Gasteiger partial charge in [-0.2, -0.15) is 0 Å². The maximum Gasteiger partial charge on any atom is 0.168 e. The van der Waals surface area contributed by atoms with Crippen molar-refractivity contribution in [3.05, 3.63) is 18.2 Å². The van der Waals surface area contributed by atoms with Gasteiger partial charge in [-0.3, -0.25) is 4.79 Å². The van der Waals surface area contributed by atoms with Crippen LogP contribution in [-0.4, -0.2) is 35.3 Å². The number of imidazole rings is 1. The lowest BCUT2D eigenvalue weighted by Gasteiger charge is -2.23. The molecule has 0 radical (unpaired) electrons. The highest BCUT2D eigenvalue weighted by Gasteiger charge is 2.31. The van der Waals surface area contributed by atoms with Gasteiger partial charge in [-0.1, -0.05) is 0 Å². The van der Waals surface area contributed by atoms with Crippen molar-refractivity contribution in [2.75, 3.05) is 6.26 Å². The van der Waals surface area contributed by atoms with E-state index in [2.05, 4.69) is 4.98 Å². The molecular weight excluding hydrogens is 216 g/mol. The SMILES string of the molecule is CC(C)(Cn1cncc1C=O)S(C)(=O)=O. The van der Waals surface area contributed by atoms with E-state index in [4.69, 9.17) is 0 Å². The summed E-state index contributed by atoms with van der Waals surface area (Å²) in [6.45, 7) is 3.47. The highest BCUT2D eigenvalue weighted by molar-refractivity contribution is 7.92. The predicted octanol–water partition coefficient (Wildman–Crippen LogP) is 0.519. The summed E-state index contributed by atoms with van der Waals surface area (Å²) >= 11 is 0. The number of carbonyl (C=O) groups excluding carboxylic acids is 1. The van der Waals surface area contributed by atoms with Gasteiger partial charge in [-0.15, -0.1) is 0 Å². The van der Waals surface area contributed by atoms with Crippen molar-refractivity contribution in [1.82, 2.24) is 9.55 Å². The van der Waals surface area contributed by atoms with E-state index < -0.39 is 14.6 Å². The second kappa shape index (κ2) is 3.77. The molecule has 15 heavy (non-hydrogen) atoms. The van der Waals surface area contributed by atoms with Crippen molar-refractivity contribution in [3.63, 3.8) is 0 Å². The standard InChI is InChI=1S/C9H14N2O3S/c1-9(2,15(3,13)14)6-11-7-10-4-8(11)5-12/h4-5,7H,6H2,1-3H3. The second-order valence-electron chi connectivity index (χ2n) is 4.10. The monoisotopic (exact) mass is 230 g/mol. The van der Waals surface area contributed by atoms with E-state index in [0.29, 0.717) is 12.0 Å². The minimum absolute atomic E-state index is 0.222. The first-order chi connectivity index (χ1) is 6.78. The number of carbonyl (C=O) groups is 1. The molecule has 1 aromatic rings. The zero-order valence-corrected chi connectivity index (χ0v) is 9.78. The molecule has 0 N–H and O–H groups in total. The van der Waals surface area contributed by atoms with Crippen LogP contribution in [0.1, 0.15) is 24.3 Å². The Morgan fingerprint density at radius 1 is 1.53 bits per heavy atom. The van der Waals surface area contributed by atoms with Gasteiger partial charge in [0.25, 0.3) is 0 Å². The number of hydrogen-bond donors (Lipinski definition) is 0. The molecule has 5 nitrogen and oxygen atoms in total. The third-order valence-corrected chi connectivity index (χ3v) is 4.56. The van der Waals surface area contributed by atoms with Gasteiger partial charge in [-0.05, 0) is 13.8 Å². The summed E-state index contributed by atoms with van der Waals surface area (Å²) in [6, 6.07) is 0. The van der Waals surface area contributed by atoms with Crippen LogP contribution in [0.15, 0.2) is 12.5 Å². The maximum absolute atomic E-state index is 11.5. The molecule has 1 heterocycles. The van der Waals surface area contributed by atoms with Crippen molar-refractivity contribution >= 4 is 16.1 Å². The van der Waals surface area contributed by atoms with Gasteiger partial charge in [0.1, 0.15) is 5.69 Å². The fraction of sp³-hybridized carbons (Fsp3) is 0.556. The molecule has 1 aromatic heterocycles. The first-order valence-corrected chi connectivity index (χ1v) is 6.32. The summed E-state index contributed by atoms with van der Waals surface area (Å²) in [5, 5.41) is 0. The van der Waals surface area contributed by atoms with Crippen molar-refractivity contribution in [1.29, 1.82) is 0 Å². The first-order valence-electron chi connectivity index (χ1n) is 4.43. The Kier molecular flexibility index (Phi) is 2.99. The largest absolute Gasteiger partial charge is 0.327 e. The fourth-order valence-corrected chi connectivity index (χ4v) is 1.46. The smallest absolute Gasteiger partial charge is 0.168 e. The number of aromatic nitrogens is 2. The Hall–Kier alpha value is -1.17. The van der Waals surface area contributed by atoms with Crippen LogP contribution in [0.2, 0.25) is 0 Å². The van der Waals surface area contributed by atoms with E-state index in [1.807, 2.05) is 0 Å². The van der Waals surface area contributed by atoms with Gasteiger partial charge in [0.15, 0.2) is 16.1 Å². The van der Waals surface area contributed by atoms with E-state index in [-0.39, 0.29) is 6.54 Å². The number of rotatable bonds is 4. The van der Waals surface area contributed by atoms with E-state index in [1.54, 1.807) is 13.8 Å². The van der Waals surface area contributed by atoms with Crippen LogP contribution in [0.5, 0.6) is 0 Å². The molecule has 0 fully saturated rings. The van der Waals surface area contributed by atoms with Crippen LogP contribution >= 0.6 is 0 Å². The highest BCUT2D eigenvalue weighted by atomic mass is 32.2. The second-order valence-corrected chi connectivity index (χ2v) is 6.75. The molecule has 0 amide bonds. The fourth-order valence-electron chi connectivity index (χ4n) is 1.09. The normalized spacial score (nSPS) is 12.7. The van der Waals surface area contributed by atoms with E-state index in [9.17, 15) is 13.2 Å². The van der Waals surface area contributed by atoms with Crippen LogP contribution < -0.4 is 0 Å². The molecule has 0 spiro atoms. The van der Waals surface area contributed by atoms with Crippen LogP contribution in [0.25, 0.3) is 0 Å². The molecular formula is C9H14N2O3S. The number of aldehydes is 1. The van der Waals surface area contributed by atoms with Crippen LogP contribution in [0, 0.1) is 0 Å². The third-order valence-electron chi connectivity index (χ3n) is 2.42. The van der Waals surface area contributed by atoms with E-state index >= 15 is 0 Å². The Morgan fingerprint density at radius 3 is 2.60 bits per heavy atom. The van der Waals surface area contributed by atoms with Gasteiger partial charge < -0.3 is 4.57 Å². The van der Waals surface area contributed by atoms with Crippen LogP contribution in [-0.2, 0) is 16.4 Å². The molecule has 0 bridgehead atoms. The predicted molar refractivity (Wildman–Crippen MR) is 56.5 cm³/mol. The quantitative estimate of drug-likeness (QED) is 0.707. The minimum Gasteiger partial charge on any atom is -0.327 e. The van der Waals surface area contributed by atoms with Crippen molar-refractivity contribution in [2.45, 2.75) is 25.1 Å². The Balaban J connectivity index is 3.01. The average Bonchev–Trinajstić information content (AvgIpc) is 2.48. The third kappa shape index (κ3) is 2.44. The lowest BCUT2D eigenvalue weighted by atomic mass is 10.2. The molecule has 0 aliphatic heterocycles. The first kappa shape index (κ1) is 11.9. The molecule has 0 saturated heterocycles. The molecule has 0 unspecified atom stereocenters. The molecule has 1 rings (SSSR count). The van der Waals surface area contributed by atoms with Gasteiger partial charge in [0.05, 0.1) is 17.3 Å². The molecule has 0 aliphatic carbocycles. The summed E-state index contributed by atoms with van der Waals surface area (Å²) in [5.41, 5.74) is 0.381. The summed E-state index contributed by atoms with van der Waals surface area (Å²) < 4.78 is 23.5. The summed E-state index contributed by atoms with van der Waals surface area (Å²) in [7, 11) is -3.17. The van der Waals surface area contributed by atoms with E-state index in [0.717, 1.165) is 0 Å². The summed E-state index contributed by atoms with van der Waals surface area (Å²) in [5.74, 6) is 0. The number of hydrogen-bond acceptors (Lipinski definition) is 4. The molecule has 6 heteroatoms. The minimum atomic E-state index is -3.17.